The van der Waals surface area contributed by atoms with Crippen molar-refractivity contribution in [2.75, 3.05) is 26.7 Å². The summed E-state index contributed by atoms with van der Waals surface area (Å²) < 4.78 is 5.34. The Kier molecular flexibility index (Phi) is 5.54. The molecule has 1 N–H and O–H groups in total. The zero-order chi connectivity index (χ0) is 16.8. The SMILES string of the molecule is CCCNN1CCC(c2ccccc2)(c2ccc(OC)cc2)CC1. The summed E-state index contributed by atoms with van der Waals surface area (Å²) in [6.07, 6.45) is 3.42. The van der Waals surface area contributed by atoms with E-state index in [1.807, 2.05) is 0 Å². The van der Waals surface area contributed by atoms with Crippen LogP contribution in [0.25, 0.3) is 0 Å². The lowest BCUT2D eigenvalue weighted by molar-refractivity contribution is 0.121. The molecule has 1 aliphatic rings. The fourth-order valence-electron chi connectivity index (χ4n) is 3.73. The van der Waals surface area contributed by atoms with E-state index in [-0.39, 0.29) is 5.41 Å². The van der Waals surface area contributed by atoms with Gasteiger partial charge in [-0.3, -0.25) is 5.43 Å². The Bertz CT molecular complexity index is 616. The summed E-state index contributed by atoms with van der Waals surface area (Å²) in [5.74, 6) is 0.920. The van der Waals surface area contributed by atoms with Crippen molar-refractivity contribution in [3.05, 3.63) is 65.7 Å². The van der Waals surface area contributed by atoms with E-state index >= 15 is 0 Å². The number of benzene rings is 2. The summed E-state index contributed by atoms with van der Waals surface area (Å²) in [7, 11) is 1.72. The van der Waals surface area contributed by atoms with Gasteiger partial charge in [-0.15, -0.1) is 0 Å². The van der Waals surface area contributed by atoms with Gasteiger partial charge in [-0.2, -0.15) is 0 Å². The molecule has 2 aromatic rings. The molecule has 0 aliphatic carbocycles. The summed E-state index contributed by atoms with van der Waals surface area (Å²) in [5, 5.41) is 2.38. The van der Waals surface area contributed by atoms with Crippen LogP contribution in [-0.4, -0.2) is 31.8 Å². The number of piperidine rings is 1. The smallest absolute Gasteiger partial charge is 0.118 e. The summed E-state index contributed by atoms with van der Waals surface area (Å²) in [5.41, 5.74) is 6.45. The van der Waals surface area contributed by atoms with Crippen LogP contribution in [0.2, 0.25) is 0 Å². The van der Waals surface area contributed by atoms with E-state index in [0.717, 1.165) is 38.2 Å². The molecule has 0 amide bonds. The maximum Gasteiger partial charge on any atom is 0.118 e. The lowest BCUT2D eigenvalue weighted by Gasteiger charge is -2.43. The van der Waals surface area contributed by atoms with Crippen LogP contribution >= 0.6 is 0 Å². The Balaban J connectivity index is 1.88. The zero-order valence-corrected chi connectivity index (χ0v) is 14.8. The van der Waals surface area contributed by atoms with E-state index in [2.05, 4.69) is 72.0 Å². The molecular weight excluding hydrogens is 296 g/mol. The van der Waals surface area contributed by atoms with Gasteiger partial charge in [0.05, 0.1) is 7.11 Å². The van der Waals surface area contributed by atoms with Gasteiger partial charge in [-0.25, -0.2) is 5.01 Å². The Hall–Kier alpha value is -1.84. The lowest BCUT2D eigenvalue weighted by atomic mass is 9.68. The fourth-order valence-corrected chi connectivity index (χ4v) is 3.73. The molecule has 1 fully saturated rings. The molecule has 1 heterocycles. The highest BCUT2D eigenvalue weighted by atomic mass is 16.5. The van der Waals surface area contributed by atoms with Gasteiger partial charge in [-0.05, 0) is 42.5 Å². The summed E-state index contributed by atoms with van der Waals surface area (Å²) in [6, 6.07) is 19.6. The highest BCUT2D eigenvalue weighted by Crippen LogP contribution is 2.41. The predicted octanol–water partition coefficient (Wildman–Crippen LogP) is 3.99. The average molecular weight is 324 g/mol. The minimum Gasteiger partial charge on any atom is -0.497 e. The molecule has 0 atom stereocenters. The molecule has 1 aliphatic heterocycles. The number of methoxy groups -OCH3 is 1. The number of hydrogen-bond donors (Lipinski definition) is 1. The predicted molar refractivity (Wildman–Crippen MR) is 99.3 cm³/mol. The third-order valence-corrected chi connectivity index (χ3v) is 5.17. The number of hydrazine groups is 1. The van der Waals surface area contributed by atoms with Crippen molar-refractivity contribution in [3.63, 3.8) is 0 Å². The first-order valence-electron chi connectivity index (χ1n) is 8.97. The number of hydrogen-bond acceptors (Lipinski definition) is 3. The van der Waals surface area contributed by atoms with Crippen molar-refractivity contribution in [3.8, 4) is 5.75 Å². The van der Waals surface area contributed by atoms with Gasteiger partial charge >= 0.3 is 0 Å². The second-order valence-corrected chi connectivity index (χ2v) is 6.57. The third-order valence-electron chi connectivity index (χ3n) is 5.17. The zero-order valence-electron chi connectivity index (χ0n) is 14.8. The van der Waals surface area contributed by atoms with Crippen molar-refractivity contribution >= 4 is 0 Å². The molecule has 0 unspecified atom stereocenters. The monoisotopic (exact) mass is 324 g/mol. The number of ether oxygens (including phenoxy) is 1. The maximum absolute atomic E-state index is 5.34. The van der Waals surface area contributed by atoms with Gasteiger partial charge in [-0.1, -0.05) is 49.4 Å². The first-order valence-corrected chi connectivity index (χ1v) is 8.97. The number of rotatable bonds is 6. The molecule has 0 aromatic heterocycles. The van der Waals surface area contributed by atoms with Crippen molar-refractivity contribution in [1.82, 2.24) is 10.4 Å². The van der Waals surface area contributed by atoms with Crippen LogP contribution in [0.4, 0.5) is 0 Å². The first-order chi connectivity index (χ1) is 11.8. The Morgan fingerprint density at radius 3 is 2.17 bits per heavy atom. The molecule has 0 saturated carbocycles. The van der Waals surface area contributed by atoms with Crippen LogP contribution in [-0.2, 0) is 5.41 Å². The van der Waals surface area contributed by atoms with Crippen molar-refractivity contribution in [2.45, 2.75) is 31.6 Å². The molecule has 0 bridgehead atoms. The summed E-state index contributed by atoms with van der Waals surface area (Å²) in [6.45, 7) is 5.41. The highest BCUT2D eigenvalue weighted by Gasteiger charge is 2.37. The quantitative estimate of drug-likeness (QED) is 0.869. The average Bonchev–Trinajstić information content (AvgIpc) is 2.67. The Labute approximate surface area is 145 Å². The molecule has 24 heavy (non-hydrogen) atoms. The molecule has 0 spiro atoms. The van der Waals surface area contributed by atoms with Crippen LogP contribution in [0.1, 0.15) is 37.3 Å². The van der Waals surface area contributed by atoms with E-state index in [4.69, 9.17) is 4.74 Å². The van der Waals surface area contributed by atoms with Gasteiger partial charge in [0.1, 0.15) is 5.75 Å². The normalized spacial score (nSPS) is 17.6. The maximum atomic E-state index is 5.34. The molecule has 2 aromatic carbocycles. The van der Waals surface area contributed by atoms with E-state index in [9.17, 15) is 0 Å². The summed E-state index contributed by atoms with van der Waals surface area (Å²) >= 11 is 0. The molecule has 3 nitrogen and oxygen atoms in total. The fraction of sp³-hybridized carbons (Fsp3) is 0.429. The largest absolute Gasteiger partial charge is 0.497 e. The van der Waals surface area contributed by atoms with Gasteiger partial charge < -0.3 is 4.74 Å². The Morgan fingerprint density at radius 1 is 0.958 bits per heavy atom. The highest BCUT2D eigenvalue weighted by molar-refractivity contribution is 5.42. The summed E-state index contributed by atoms with van der Waals surface area (Å²) in [4.78, 5) is 0. The second kappa shape index (κ2) is 7.82. The van der Waals surface area contributed by atoms with E-state index in [0.29, 0.717) is 0 Å². The van der Waals surface area contributed by atoms with Gasteiger partial charge in [0.2, 0.25) is 0 Å². The third kappa shape index (κ3) is 3.47. The van der Waals surface area contributed by atoms with Crippen LogP contribution < -0.4 is 10.2 Å². The molecule has 3 rings (SSSR count). The van der Waals surface area contributed by atoms with Crippen molar-refractivity contribution in [1.29, 1.82) is 0 Å². The molecule has 1 saturated heterocycles. The van der Waals surface area contributed by atoms with Crippen molar-refractivity contribution in [2.24, 2.45) is 0 Å². The van der Waals surface area contributed by atoms with Crippen LogP contribution in [0.15, 0.2) is 54.6 Å². The second-order valence-electron chi connectivity index (χ2n) is 6.57. The van der Waals surface area contributed by atoms with E-state index in [1.54, 1.807) is 7.11 Å². The minimum atomic E-state index is 0.0952. The van der Waals surface area contributed by atoms with Gasteiger partial charge in [0, 0.05) is 25.0 Å². The molecule has 128 valence electrons. The Morgan fingerprint density at radius 2 is 1.58 bits per heavy atom. The van der Waals surface area contributed by atoms with E-state index in [1.165, 1.54) is 17.5 Å². The number of nitrogens with zero attached hydrogens (tertiary/aromatic N) is 1. The topological polar surface area (TPSA) is 24.5 Å². The van der Waals surface area contributed by atoms with Crippen LogP contribution in [0.5, 0.6) is 5.75 Å². The lowest BCUT2D eigenvalue weighted by Crippen LogP contribution is -2.49. The van der Waals surface area contributed by atoms with Crippen LogP contribution in [0, 0.1) is 0 Å². The van der Waals surface area contributed by atoms with E-state index < -0.39 is 0 Å². The van der Waals surface area contributed by atoms with Gasteiger partial charge in [0.25, 0.3) is 0 Å². The number of nitrogens with one attached hydrogen (secondary N) is 1. The standard InChI is InChI=1S/C21H28N2O/c1-3-15-22-23-16-13-21(14-17-23,18-7-5-4-6-8-18)19-9-11-20(24-2)12-10-19/h4-12,22H,3,13-17H2,1-2H3. The first kappa shape index (κ1) is 17.0. The van der Waals surface area contributed by atoms with Gasteiger partial charge in [0.15, 0.2) is 0 Å². The van der Waals surface area contributed by atoms with Crippen molar-refractivity contribution < 1.29 is 4.74 Å². The molecule has 3 heteroatoms. The van der Waals surface area contributed by atoms with Crippen LogP contribution in [0.3, 0.4) is 0 Å². The minimum absolute atomic E-state index is 0.0952. The molecular formula is C21H28N2O. The molecule has 0 radical (unpaired) electrons.